The number of rotatable bonds is 70. The summed E-state index contributed by atoms with van der Waals surface area (Å²) in [6.45, 7) is 6.68. The van der Waals surface area contributed by atoms with Crippen LogP contribution in [0.5, 0.6) is 0 Å². The van der Waals surface area contributed by atoms with Gasteiger partial charge in [0, 0.05) is 19.3 Å². The van der Waals surface area contributed by atoms with Crippen LogP contribution in [0.25, 0.3) is 0 Å². The van der Waals surface area contributed by atoms with Crippen LogP contribution in [0.3, 0.4) is 0 Å². The molecule has 0 bridgehead atoms. The van der Waals surface area contributed by atoms with Crippen LogP contribution in [0.1, 0.15) is 425 Å². The number of esters is 3. The van der Waals surface area contributed by atoms with Gasteiger partial charge in [-0.05, 0) is 64.2 Å². The number of carbonyl (C=O) groups is 3. The summed E-state index contributed by atoms with van der Waals surface area (Å²) in [6, 6.07) is 0. The third kappa shape index (κ3) is 68.7. The molecular formula is C76H144O6. The van der Waals surface area contributed by atoms with E-state index < -0.39 is 6.10 Å². The second-order valence-electron chi connectivity index (χ2n) is 25.6. The summed E-state index contributed by atoms with van der Waals surface area (Å²) in [5.41, 5.74) is 0. The maximum atomic E-state index is 13.0. The summed E-state index contributed by atoms with van der Waals surface area (Å²) in [4.78, 5) is 38.4. The highest BCUT2D eigenvalue weighted by atomic mass is 16.6. The fourth-order valence-corrected chi connectivity index (χ4v) is 11.5. The predicted molar refractivity (Wildman–Crippen MR) is 358 cm³/mol. The van der Waals surface area contributed by atoms with Gasteiger partial charge < -0.3 is 14.2 Å². The molecule has 0 saturated heterocycles. The lowest BCUT2D eigenvalue weighted by Crippen LogP contribution is -2.30. The van der Waals surface area contributed by atoms with E-state index in [1.807, 2.05) is 0 Å². The minimum Gasteiger partial charge on any atom is -0.462 e. The summed E-state index contributed by atoms with van der Waals surface area (Å²) in [5.74, 6) is -0.845. The normalized spacial score (nSPS) is 12.1. The van der Waals surface area contributed by atoms with Crippen LogP contribution in [0.15, 0.2) is 24.3 Å². The summed E-state index contributed by atoms with van der Waals surface area (Å²) in [7, 11) is 0. The molecule has 0 aliphatic carbocycles. The van der Waals surface area contributed by atoms with E-state index in [-0.39, 0.29) is 31.1 Å². The minimum absolute atomic E-state index is 0.0679. The second-order valence-corrected chi connectivity index (χ2v) is 25.6. The molecule has 6 heteroatoms. The van der Waals surface area contributed by atoms with E-state index in [2.05, 4.69) is 45.1 Å². The number of hydrogen-bond acceptors (Lipinski definition) is 6. The third-order valence-electron chi connectivity index (χ3n) is 17.2. The highest BCUT2D eigenvalue weighted by Crippen LogP contribution is 2.19. The van der Waals surface area contributed by atoms with Gasteiger partial charge in [-0.1, -0.05) is 366 Å². The van der Waals surface area contributed by atoms with Gasteiger partial charge in [-0.15, -0.1) is 0 Å². The van der Waals surface area contributed by atoms with Gasteiger partial charge in [0.2, 0.25) is 0 Å². The molecule has 1 unspecified atom stereocenters. The molecule has 0 amide bonds. The van der Waals surface area contributed by atoms with Crippen molar-refractivity contribution in [1.82, 2.24) is 0 Å². The molecule has 484 valence electrons. The van der Waals surface area contributed by atoms with E-state index >= 15 is 0 Å². The van der Waals surface area contributed by atoms with Crippen LogP contribution in [0.2, 0.25) is 0 Å². The molecule has 0 aromatic carbocycles. The molecule has 1 atom stereocenters. The highest BCUT2D eigenvalue weighted by Gasteiger charge is 2.20. The molecule has 0 aliphatic rings. The van der Waals surface area contributed by atoms with Gasteiger partial charge in [-0.3, -0.25) is 14.4 Å². The molecule has 0 N–H and O–H groups in total. The maximum Gasteiger partial charge on any atom is 0.306 e. The average molecular weight is 1150 g/mol. The first kappa shape index (κ1) is 79.9. The Morgan fingerprint density at radius 1 is 0.232 bits per heavy atom. The molecule has 0 aromatic rings. The highest BCUT2D eigenvalue weighted by molar-refractivity contribution is 5.71. The van der Waals surface area contributed by atoms with Crippen molar-refractivity contribution >= 4 is 17.9 Å². The summed E-state index contributed by atoms with van der Waals surface area (Å²) in [6.07, 6.45) is 88.1. The van der Waals surface area contributed by atoms with E-state index in [0.29, 0.717) is 19.3 Å². The van der Waals surface area contributed by atoms with E-state index in [9.17, 15) is 14.4 Å². The van der Waals surface area contributed by atoms with Crippen molar-refractivity contribution in [1.29, 1.82) is 0 Å². The first-order valence-electron chi connectivity index (χ1n) is 37.3. The lowest BCUT2D eigenvalue weighted by atomic mass is 10.0. The fourth-order valence-electron chi connectivity index (χ4n) is 11.5. The zero-order chi connectivity index (χ0) is 59.2. The zero-order valence-corrected chi connectivity index (χ0v) is 55.8. The average Bonchev–Trinajstić information content (AvgIpc) is 3.47. The smallest absolute Gasteiger partial charge is 0.306 e. The number of allylic oxidation sites excluding steroid dienone is 4. The van der Waals surface area contributed by atoms with E-state index in [1.165, 1.54) is 321 Å². The Hall–Kier alpha value is -2.11. The molecule has 0 aliphatic heterocycles. The molecule has 0 heterocycles. The van der Waals surface area contributed by atoms with Gasteiger partial charge >= 0.3 is 17.9 Å². The number of hydrogen-bond donors (Lipinski definition) is 0. The Labute approximate surface area is 513 Å². The molecule has 0 rings (SSSR count). The van der Waals surface area contributed by atoms with Crippen molar-refractivity contribution in [2.45, 2.75) is 431 Å². The fraction of sp³-hybridized carbons (Fsp3) is 0.908. The molecule has 0 aromatic heterocycles. The maximum absolute atomic E-state index is 13.0. The molecule has 82 heavy (non-hydrogen) atoms. The Bertz CT molecular complexity index is 1320. The first-order valence-corrected chi connectivity index (χ1v) is 37.3. The van der Waals surface area contributed by atoms with Crippen molar-refractivity contribution in [3.05, 3.63) is 24.3 Å². The molecule has 0 saturated carbocycles. The van der Waals surface area contributed by atoms with Crippen molar-refractivity contribution in [2.75, 3.05) is 13.2 Å². The number of unbranched alkanes of at least 4 members (excludes halogenated alkanes) is 55. The van der Waals surface area contributed by atoms with Crippen molar-refractivity contribution < 1.29 is 28.6 Å². The van der Waals surface area contributed by atoms with Crippen LogP contribution in [0.4, 0.5) is 0 Å². The van der Waals surface area contributed by atoms with E-state index in [0.717, 1.165) is 64.2 Å². The van der Waals surface area contributed by atoms with Gasteiger partial charge in [-0.25, -0.2) is 0 Å². The molecule has 0 radical (unpaired) electrons. The number of ether oxygens (including phenoxy) is 3. The number of carbonyl (C=O) groups excluding carboxylic acids is 3. The van der Waals surface area contributed by atoms with Crippen LogP contribution in [-0.2, 0) is 28.6 Å². The van der Waals surface area contributed by atoms with Gasteiger partial charge in [0.25, 0.3) is 0 Å². The van der Waals surface area contributed by atoms with Crippen LogP contribution in [-0.4, -0.2) is 37.2 Å². The molecular weight excluding hydrogens is 1010 g/mol. The lowest BCUT2D eigenvalue weighted by molar-refractivity contribution is -0.167. The third-order valence-corrected chi connectivity index (χ3v) is 17.2. The summed E-state index contributed by atoms with van der Waals surface area (Å²) in [5, 5.41) is 0. The Kier molecular flexibility index (Phi) is 69.5. The Balaban J connectivity index is 4.13. The first-order chi connectivity index (χ1) is 40.5. The van der Waals surface area contributed by atoms with Gasteiger partial charge in [-0.2, -0.15) is 0 Å². The van der Waals surface area contributed by atoms with E-state index in [4.69, 9.17) is 14.2 Å². The molecule has 6 nitrogen and oxygen atoms in total. The van der Waals surface area contributed by atoms with Crippen molar-refractivity contribution in [2.24, 2.45) is 0 Å². The van der Waals surface area contributed by atoms with Crippen molar-refractivity contribution in [3.8, 4) is 0 Å². The van der Waals surface area contributed by atoms with Crippen LogP contribution < -0.4 is 0 Å². The summed E-state index contributed by atoms with van der Waals surface area (Å²) >= 11 is 0. The molecule has 0 fully saturated rings. The zero-order valence-electron chi connectivity index (χ0n) is 55.8. The van der Waals surface area contributed by atoms with E-state index in [1.54, 1.807) is 0 Å². The van der Waals surface area contributed by atoms with Crippen molar-refractivity contribution in [3.63, 3.8) is 0 Å². The van der Waals surface area contributed by atoms with Gasteiger partial charge in [0.15, 0.2) is 6.10 Å². The Morgan fingerprint density at radius 2 is 0.415 bits per heavy atom. The lowest BCUT2D eigenvalue weighted by Gasteiger charge is -2.18. The standard InChI is InChI=1S/C76H144O6/c1-4-7-10-13-16-19-22-24-26-28-30-32-34-36-38-40-41-43-45-47-49-51-54-57-60-63-66-69-75(78)81-72-73(71-80-74(77)68-65-62-59-56-53-21-18-15-12-9-6-3)82-76(79)70-67-64-61-58-55-52-50-48-46-44-42-39-37-35-33-31-29-27-25-23-20-17-14-11-8-5-2/h15,18,28,30,73H,4-14,16-17,19-27,29,31-72H2,1-3H3/b18-15-,30-28-. The minimum atomic E-state index is -0.772. The second kappa shape index (κ2) is 71.4. The monoisotopic (exact) mass is 1150 g/mol. The summed E-state index contributed by atoms with van der Waals surface area (Å²) < 4.78 is 17.0. The SMILES string of the molecule is CCCC/C=C\CCCCCCCC(=O)OCC(COC(=O)CCCCCCCCCCCCCCCCC/C=C\CCCCCCCCCC)OC(=O)CCCCCCCCCCCCCCCCCCCCCCCCCCCC. The largest absolute Gasteiger partial charge is 0.462 e. The van der Waals surface area contributed by atoms with Gasteiger partial charge in [0.1, 0.15) is 13.2 Å². The quantitative estimate of drug-likeness (QED) is 0.0261. The van der Waals surface area contributed by atoms with Gasteiger partial charge in [0.05, 0.1) is 0 Å². The van der Waals surface area contributed by atoms with Crippen LogP contribution in [0, 0.1) is 0 Å². The predicted octanol–water partition coefficient (Wildman–Crippen LogP) is 25.7. The Morgan fingerprint density at radius 3 is 0.646 bits per heavy atom. The molecule has 0 spiro atoms. The topological polar surface area (TPSA) is 78.9 Å². The van der Waals surface area contributed by atoms with Crippen LogP contribution >= 0.6 is 0 Å².